The van der Waals surface area contributed by atoms with Crippen LogP contribution < -0.4 is 4.90 Å². The molecule has 0 bridgehead atoms. The minimum Gasteiger partial charge on any atom is -0.356 e. The lowest BCUT2D eigenvalue weighted by molar-refractivity contribution is 0.0755. The van der Waals surface area contributed by atoms with Crippen LogP contribution in [0.15, 0.2) is 35.5 Å². The van der Waals surface area contributed by atoms with E-state index in [9.17, 15) is 4.79 Å². The number of thioether (sulfide) groups is 1. The highest BCUT2D eigenvalue weighted by Gasteiger charge is 2.19. The van der Waals surface area contributed by atoms with Gasteiger partial charge in [0, 0.05) is 43.6 Å². The maximum Gasteiger partial charge on any atom is 0.253 e. The maximum atomic E-state index is 12.9. The molecule has 0 unspecified atom stereocenters. The van der Waals surface area contributed by atoms with Crippen molar-refractivity contribution in [2.45, 2.75) is 57.4 Å². The first kappa shape index (κ1) is 23.9. The number of anilines is 1. The third-order valence-electron chi connectivity index (χ3n) is 5.58. The molecule has 1 aromatic carbocycles. The Bertz CT molecular complexity index is 864. The van der Waals surface area contributed by atoms with Crippen LogP contribution in [0.2, 0.25) is 5.15 Å². The standard InChI is InChI=1S/C24H33ClN4OS/c1-4-11-29(12-5-2)23(30)20-8-6-7-19(15-20)17-31-24-26-21(25)16-22(27-24)28-13-9-18(3)10-14-28/h6-8,15-16,18H,4-5,9-14,17H2,1-3H3. The molecule has 0 N–H and O–H groups in total. The number of carbonyl (C=O) groups is 1. The molecular weight excluding hydrogens is 428 g/mol. The van der Waals surface area contributed by atoms with Gasteiger partial charge in [-0.2, -0.15) is 0 Å². The Morgan fingerprint density at radius 2 is 1.87 bits per heavy atom. The summed E-state index contributed by atoms with van der Waals surface area (Å²) >= 11 is 7.86. The summed E-state index contributed by atoms with van der Waals surface area (Å²) in [6, 6.07) is 9.76. The molecule has 1 aromatic heterocycles. The Hall–Kier alpha value is -1.79. The van der Waals surface area contributed by atoms with Crippen molar-refractivity contribution >= 4 is 35.1 Å². The Kier molecular flexibility index (Phi) is 9.02. The van der Waals surface area contributed by atoms with Gasteiger partial charge in [-0.15, -0.1) is 0 Å². The van der Waals surface area contributed by atoms with E-state index in [-0.39, 0.29) is 5.91 Å². The Labute approximate surface area is 195 Å². The van der Waals surface area contributed by atoms with E-state index in [1.165, 1.54) is 12.8 Å². The molecule has 0 atom stereocenters. The topological polar surface area (TPSA) is 49.3 Å². The van der Waals surface area contributed by atoms with Crippen LogP contribution in [0.4, 0.5) is 5.82 Å². The van der Waals surface area contributed by atoms with Crippen molar-refractivity contribution in [1.82, 2.24) is 14.9 Å². The molecule has 7 heteroatoms. The molecule has 168 valence electrons. The van der Waals surface area contributed by atoms with E-state index < -0.39 is 0 Å². The van der Waals surface area contributed by atoms with Crippen LogP contribution in [0.5, 0.6) is 0 Å². The quantitative estimate of drug-likeness (QED) is 0.264. The van der Waals surface area contributed by atoms with E-state index in [1.54, 1.807) is 11.8 Å². The van der Waals surface area contributed by atoms with Crippen molar-refractivity contribution in [3.05, 3.63) is 46.6 Å². The summed E-state index contributed by atoms with van der Waals surface area (Å²) in [6.07, 6.45) is 4.29. The number of nitrogens with zero attached hydrogens (tertiary/aromatic N) is 4. The third-order valence-corrected chi connectivity index (χ3v) is 6.70. The van der Waals surface area contributed by atoms with Crippen LogP contribution in [0.1, 0.15) is 62.4 Å². The molecule has 2 aromatic rings. The molecule has 1 fully saturated rings. The highest BCUT2D eigenvalue weighted by Crippen LogP contribution is 2.27. The number of hydrogen-bond acceptors (Lipinski definition) is 5. The van der Waals surface area contributed by atoms with Gasteiger partial charge in [-0.05, 0) is 49.3 Å². The first-order chi connectivity index (χ1) is 15.0. The van der Waals surface area contributed by atoms with E-state index in [0.717, 1.165) is 61.9 Å². The zero-order chi connectivity index (χ0) is 22.2. The average Bonchev–Trinajstić information content (AvgIpc) is 2.77. The number of carbonyl (C=O) groups excluding carboxylic acids is 1. The molecule has 1 aliphatic heterocycles. The van der Waals surface area contributed by atoms with Crippen LogP contribution in [0.25, 0.3) is 0 Å². The minimum atomic E-state index is 0.108. The second-order valence-corrected chi connectivity index (χ2v) is 9.61. The molecule has 0 radical (unpaired) electrons. The lowest BCUT2D eigenvalue weighted by Crippen LogP contribution is -2.33. The normalized spacial score (nSPS) is 14.6. The lowest BCUT2D eigenvalue weighted by Gasteiger charge is -2.31. The van der Waals surface area contributed by atoms with E-state index in [1.807, 2.05) is 35.2 Å². The molecule has 0 aliphatic carbocycles. The van der Waals surface area contributed by atoms with Crippen LogP contribution in [0, 0.1) is 5.92 Å². The summed E-state index contributed by atoms with van der Waals surface area (Å²) in [5.74, 6) is 2.48. The van der Waals surface area contributed by atoms with Gasteiger partial charge in [0.2, 0.25) is 0 Å². The van der Waals surface area contributed by atoms with E-state index in [0.29, 0.717) is 16.1 Å². The molecule has 0 saturated carbocycles. The number of aromatic nitrogens is 2. The molecule has 31 heavy (non-hydrogen) atoms. The lowest BCUT2D eigenvalue weighted by atomic mass is 9.99. The largest absolute Gasteiger partial charge is 0.356 e. The predicted octanol–water partition coefficient (Wildman–Crippen LogP) is 5.92. The first-order valence-corrected chi connectivity index (χ1v) is 12.7. The molecule has 0 spiro atoms. The van der Waals surface area contributed by atoms with Crippen LogP contribution in [-0.2, 0) is 5.75 Å². The van der Waals surface area contributed by atoms with Gasteiger partial charge in [0.05, 0.1) is 0 Å². The fourth-order valence-corrected chi connectivity index (χ4v) is 4.85. The van der Waals surface area contributed by atoms with Crippen molar-refractivity contribution in [2.24, 2.45) is 5.92 Å². The van der Waals surface area contributed by atoms with Gasteiger partial charge >= 0.3 is 0 Å². The van der Waals surface area contributed by atoms with Crippen molar-refractivity contribution in [3.63, 3.8) is 0 Å². The summed E-state index contributed by atoms with van der Waals surface area (Å²) in [5.41, 5.74) is 1.83. The van der Waals surface area contributed by atoms with Crippen LogP contribution in [-0.4, -0.2) is 47.0 Å². The average molecular weight is 461 g/mol. The monoisotopic (exact) mass is 460 g/mol. The van der Waals surface area contributed by atoms with E-state index >= 15 is 0 Å². The smallest absolute Gasteiger partial charge is 0.253 e. The predicted molar refractivity (Wildman–Crippen MR) is 130 cm³/mol. The number of halogens is 1. The van der Waals surface area contributed by atoms with Gasteiger partial charge in [0.25, 0.3) is 5.91 Å². The highest BCUT2D eigenvalue weighted by atomic mass is 35.5. The van der Waals surface area contributed by atoms with Gasteiger partial charge in [0.1, 0.15) is 11.0 Å². The number of benzene rings is 1. The summed E-state index contributed by atoms with van der Waals surface area (Å²) < 4.78 is 0. The molecule has 2 heterocycles. The number of amides is 1. The molecule has 5 nitrogen and oxygen atoms in total. The van der Waals surface area contributed by atoms with Gasteiger partial charge in [-0.25, -0.2) is 9.97 Å². The van der Waals surface area contributed by atoms with Crippen LogP contribution >= 0.6 is 23.4 Å². The van der Waals surface area contributed by atoms with Gasteiger partial charge < -0.3 is 9.80 Å². The van der Waals surface area contributed by atoms with E-state index in [2.05, 4.69) is 30.7 Å². The first-order valence-electron chi connectivity index (χ1n) is 11.3. The van der Waals surface area contributed by atoms with Gasteiger partial charge in [0.15, 0.2) is 5.16 Å². The summed E-state index contributed by atoms with van der Waals surface area (Å²) in [6.45, 7) is 10.1. The van der Waals surface area contributed by atoms with E-state index in [4.69, 9.17) is 16.6 Å². The summed E-state index contributed by atoms with van der Waals surface area (Å²) in [7, 11) is 0. The fraction of sp³-hybridized carbons (Fsp3) is 0.542. The highest BCUT2D eigenvalue weighted by molar-refractivity contribution is 7.98. The van der Waals surface area contributed by atoms with Gasteiger partial charge in [-0.1, -0.05) is 56.3 Å². The van der Waals surface area contributed by atoms with Crippen LogP contribution in [0.3, 0.4) is 0 Å². The molecule has 1 saturated heterocycles. The SMILES string of the molecule is CCCN(CCC)C(=O)c1cccc(CSc2nc(Cl)cc(N3CCC(C)CC3)n2)c1. The maximum absolute atomic E-state index is 12.9. The third kappa shape index (κ3) is 6.84. The van der Waals surface area contributed by atoms with Crippen molar-refractivity contribution in [2.75, 3.05) is 31.1 Å². The fourth-order valence-electron chi connectivity index (χ4n) is 3.83. The Morgan fingerprint density at radius 1 is 1.16 bits per heavy atom. The number of rotatable bonds is 9. The second-order valence-electron chi connectivity index (χ2n) is 8.28. The molecule has 1 aliphatic rings. The zero-order valence-corrected chi connectivity index (χ0v) is 20.4. The Morgan fingerprint density at radius 3 is 2.55 bits per heavy atom. The van der Waals surface area contributed by atoms with Crippen molar-refractivity contribution < 1.29 is 4.79 Å². The minimum absolute atomic E-state index is 0.108. The molecular formula is C24H33ClN4OS. The van der Waals surface area contributed by atoms with Gasteiger partial charge in [-0.3, -0.25) is 4.79 Å². The summed E-state index contributed by atoms with van der Waals surface area (Å²) in [5, 5.41) is 1.15. The molecule has 1 amide bonds. The van der Waals surface area contributed by atoms with Crippen molar-refractivity contribution in [1.29, 1.82) is 0 Å². The Balaban J connectivity index is 1.67. The number of piperidine rings is 1. The zero-order valence-electron chi connectivity index (χ0n) is 18.8. The molecule has 3 rings (SSSR count). The second kappa shape index (κ2) is 11.7. The van der Waals surface area contributed by atoms with Crippen molar-refractivity contribution in [3.8, 4) is 0 Å². The number of hydrogen-bond donors (Lipinski definition) is 0. The summed E-state index contributed by atoms with van der Waals surface area (Å²) in [4.78, 5) is 26.3.